The molecule has 19 heavy (non-hydrogen) atoms. The van der Waals surface area contributed by atoms with E-state index in [9.17, 15) is 4.79 Å². The summed E-state index contributed by atoms with van der Waals surface area (Å²) in [5.74, 6) is 0.896. The summed E-state index contributed by atoms with van der Waals surface area (Å²) in [6, 6.07) is 11.0. The van der Waals surface area contributed by atoms with Crippen molar-refractivity contribution < 1.29 is 4.79 Å². The van der Waals surface area contributed by atoms with Crippen LogP contribution in [0, 0.1) is 5.92 Å². The first kappa shape index (κ1) is 12.9. The zero-order valence-corrected chi connectivity index (χ0v) is 11.7. The summed E-state index contributed by atoms with van der Waals surface area (Å²) < 4.78 is 0. The van der Waals surface area contributed by atoms with Gasteiger partial charge in [0.1, 0.15) is 6.29 Å². The molecule has 0 radical (unpaired) electrons. The average molecular weight is 257 g/mol. The molecule has 1 aromatic carbocycles. The Bertz CT molecular complexity index is 436. The normalized spacial score (nSPS) is 22.2. The number of benzene rings is 1. The molecule has 0 heterocycles. The van der Waals surface area contributed by atoms with Gasteiger partial charge in [-0.2, -0.15) is 0 Å². The van der Waals surface area contributed by atoms with E-state index in [1.165, 1.54) is 32.2 Å². The Morgan fingerprint density at radius 3 is 2.42 bits per heavy atom. The summed E-state index contributed by atoms with van der Waals surface area (Å²) >= 11 is 0. The maximum absolute atomic E-state index is 11.7. The minimum Gasteiger partial charge on any atom is -0.302 e. The van der Waals surface area contributed by atoms with Gasteiger partial charge in [0.05, 0.1) is 5.41 Å². The highest BCUT2D eigenvalue weighted by Gasteiger charge is 2.38. The second-order valence-corrected chi connectivity index (χ2v) is 6.51. The third-order valence-corrected chi connectivity index (χ3v) is 4.48. The molecule has 1 atom stereocenters. The Balaban J connectivity index is 1.74. The molecule has 1 aromatic rings. The minimum atomic E-state index is -0.362. The van der Waals surface area contributed by atoms with Gasteiger partial charge in [0.25, 0.3) is 0 Å². The van der Waals surface area contributed by atoms with Crippen molar-refractivity contribution >= 4 is 6.29 Å². The first-order valence-corrected chi connectivity index (χ1v) is 7.47. The molecule has 0 N–H and O–H groups in total. The van der Waals surface area contributed by atoms with Crippen LogP contribution in [-0.2, 0) is 10.2 Å². The first-order chi connectivity index (χ1) is 9.21. The van der Waals surface area contributed by atoms with Crippen molar-refractivity contribution in [3.63, 3.8) is 0 Å². The van der Waals surface area contributed by atoms with Crippen LogP contribution in [0.25, 0.3) is 0 Å². The van der Waals surface area contributed by atoms with E-state index >= 15 is 0 Å². The maximum Gasteiger partial charge on any atom is 0.131 e. The molecule has 0 aromatic heterocycles. The lowest BCUT2D eigenvalue weighted by Gasteiger charge is -2.32. The van der Waals surface area contributed by atoms with Gasteiger partial charge < -0.3 is 4.79 Å². The molecular weight excluding hydrogens is 234 g/mol. The number of carbonyl (C=O) groups excluding carboxylic acids is 1. The fraction of sp³-hybridized carbons (Fsp3) is 0.588. The van der Waals surface area contributed by atoms with Gasteiger partial charge in [0.15, 0.2) is 0 Å². The van der Waals surface area contributed by atoms with E-state index in [0.717, 1.165) is 30.4 Å². The molecule has 102 valence electrons. The van der Waals surface area contributed by atoms with E-state index in [1.54, 1.807) is 0 Å². The van der Waals surface area contributed by atoms with Crippen LogP contribution in [0.15, 0.2) is 30.3 Å². The molecule has 2 heteroatoms. The zero-order valence-electron chi connectivity index (χ0n) is 11.7. The van der Waals surface area contributed by atoms with E-state index in [1.807, 2.05) is 18.2 Å². The topological polar surface area (TPSA) is 20.3 Å². The molecule has 0 spiro atoms. The summed E-state index contributed by atoms with van der Waals surface area (Å²) in [7, 11) is 0. The Morgan fingerprint density at radius 2 is 1.89 bits per heavy atom. The predicted octanol–water partition coefficient (Wildman–Crippen LogP) is 3.02. The molecule has 0 saturated heterocycles. The molecule has 0 aliphatic heterocycles. The van der Waals surface area contributed by atoms with Crippen LogP contribution in [-0.4, -0.2) is 30.3 Å². The van der Waals surface area contributed by atoms with E-state index in [2.05, 4.69) is 24.0 Å². The van der Waals surface area contributed by atoms with Crippen molar-refractivity contribution in [2.24, 2.45) is 5.92 Å². The number of nitrogens with zero attached hydrogens (tertiary/aromatic N) is 1. The van der Waals surface area contributed by atoms with Gasteiger partial charge in [-0.05, 0) is 44.1 Å². The highest BCUT2D eigenvalue weighted by atomic mass is 16.1. The fourth-order valence-corrected chi connectivity index (χ4v) is 2.85. The smallest absolute Gasteiger partial charge is 0.131 e. The number of hydrogen-bond acceptors (Lipinski definition) is 2. The van der Waals surface area contributed by atoms with Crippen molar-refractivity contribution in [1.29, 1.82) is 0 Å². The van der Waals surface area contributed by atoms with Crippen molar-refractivity contribution in [1.82, 2.24) is 4.90 Å². The molecular formula is C17H23NO. The largest absolute Gasteiger partial charge is 0.302 e. The standard InChI is InChI=1S/C17H23NO/c1-17(13-19,15-5-3-2-4-6-15)12-18(16-9-10-16)11-14-7-8-14/h2-6,13-14,16H,7-12H2,1H3. The lowest BCUT2D eigenvalue weighted by molar-refractivity contribution is -0.112. The molecule has 2 nitrogen and oxygen atoms in total. The summed E-state index contributed by atoms with van der Waals surface area (Å²) in [6.07, 6.45) is 6.54. The lowest BCUT2D eigenvalue weighted by Crippen LogP contribution is -2.42. The maximum atomic E-state index is 11.7. The van der Waals surface area contributed by atoms with Gasteiger partial charge in [-0.25, -0.2) is 0 Å². The van der Waals surface area contributed by atoms with Crippen LogP contribution in [0.1, 0.15) is 38.2 Å². The Kier molecular flexibility index (Phi) is 3.44. The lowest BCUT2D eigenvalue weighted by atomic mass is 9.83. The highest BCUT2D eigenvalue weighted by Crippen LogP contribution is 2.36. The van der Waals surface area contributed by atoms with Crippen molar-refractivity contribution in [2.75, 3.05) is 13.1 Å². The summed E-state index contributed by atoms with van der Waals surface area (Å²) in [5, 5.41) is 0. The second kappa shape index (κ2) is 5.09. The van der Waals surface area contributed by atoms with Crippen molar-refractivity contribution in [3.05, 3.63) is 35.9 Å². The summed E-state index contributed by atoms with van der Waals surface area (Å²) in [6.45, 7) is 4.15. The monoisotopic (exact) mass is 257 g/mol. The molecule has 0 bridgehead atoms. The van der Waals surface area contributed by atoms with Gasteiger partial charge in [-0.3, -0.25) is 4.90 Å². The SMILES string of the molecule is CC(C=O)(CN(CC1CC1)C1CC1)c1ccccc1. The Labute approximate surface area is 115 Å². The van der Waals surface area contributed by atoms with Crippen molar-refractivity contribution in [3.8, 4) is 0 Å². The third kappa shape index (κ3) is 3.06. The van der Waals surface area contributed by atoms with Gasteiger partial charge in [0.2, 0.25) is 0 Å². The van der Waals surface area contributed by atoms with Crippen LogP contribution >= 0.6 is 0 Å². The Morgan fingerprint density at radius 1 is 1.21 bits per heavy atom. The summed E-state index contributed by atoms with van der Waals surface area (Å²) in [5.41, 5.74) is 0.782. The van der Waals surface area contributed by atoms with Gasteiger partial charge in [0, 0.05) is 19.1 Å². The van der Waals surface area contributed by atoms with E-state index in [-0.39, 0.29) is 5.41 Å². The zero-order chi connectivity index (χ0) is 13.3. The quantitative estimate of drug-likeness (QED) is 0.700. The second-order valence-electron chi connectivity index (χ2n) is 6.51. The predicted molar refractivity (Wildman–Crippen MR) is 77.2 cm³/mol. The molecule has 0 amide bonds. The van der Waals surface area contributed by atoms with E-state index in [4.69, 9.17) is 0 Å². The average Bonchev–Trinajstić information content (AvgIpc) is 3.30. The number of carbonyl (C=O) groups is 1. The van der Waals surface area contributed by atoms with Crippen LogP contribution in [0.2, 0.25) is 0 Å². The minimum absolute atomic E-state index is 0.362. The van der Waals surface area contributed by atoms with Gasteiger partial charge in [-0.1, -0.05) is 30.3 Å². The van der Waals surface area contributed by atoms with Crippen LogP contribution < -0.4 is 0 Å². The molecule has 3 rings (SSSR count). The van der Waals surface area contributed by atoms with Crippen LogP contribution in [0.3, 0.4) is 0 Å². The molecule has 2 aliphatic rings. The molecule has 1 unspecified atom stereocenters. The van der Waals surface area contributed by atoms with Gasteiger partial charge >= 0.3 is 0 Å². The van der Waals surface area contributed by atoms with Crippen LogP contribution in [0.5, 0.6) is 0 Å². The van der Waals surface area contributed by atoms with Gasteiger partial charge in [-0.15, -0.1) is 0 Å². The molecule has 2 fully saturated rings. The molecule has 2 saturated carbocycles. The third-order valence-electron chi connectivity index (χ3n) is 4.48. The highest BCUT2D eigenvalue weighted by molar-refractivity contribution is 5.68. The summed E-state index contributed by atoms with van der Waals surface area (Å²) in [4.78, 5) is 14.2. The van der Waals surface area contributed by atoms with E-state index < -0.39 is 0 Å². The number of aldehydes is 1. The Hall–Kier alpha value is -1.15. The number of hydrogen-bond donors (Lipinski definition) is 0. The number of rotatable bonds is 7. The van der Waals surface area contributed by atoms with E-state index in [0.29, 0.717) is 0 Å². The first-order valence-electron chi connectivity index (χ1n) is 7.47. The molecule has 2 aliphatic carbocycles. The van der Waals surface area contributed by atoms with Crippen molar-refractivity contribution in [2.45, 2.75) is 44.1 Å². The van der Waals surface area contributed by atoms with Crippen LogP contribution in [0.4, 0.5) is 0 Å². The fourth-order valence-electron chi connectivity index (χ4n) is 2.85.